The van der Waals surface area contributed by atoms with Crippen molar-refractivity contribution in [3.63, 3.8) is 0 Å². The molecule has 106 valence electrons. The molecule has 0 aromatic heterocycles. The molecule has 20 heavy (non-hydrogen) atoms. The summed E-state index contributed by atoms with van der Waals surface area (Å²) in [6.07, 6.45) is 2.58. The van der Waals surface area contributed by atoms with Gasteiger partial charge >= 0.3 is 133 Å². The molecule has 0 radical (unpaired) electrons. The minimum absolute atomic E-state index is 0.0301. The van der Waals surface area contributed by atoms with Crippen LogP contribution in [0.2, 0.25) is 0 Å². The van der Waals surface area contributed by atoms with Crippen LogP contribution in [0.5, 0.6) is 0 Å². The summed E-state index contributed by atoms with van der Waals surface area (Å²) < 4.78 is 28.9. The molecule has 2 aliphatic carbocycles. The Morgan fingerprint density at radius 2 is 2.15 bits per heavy atom. The summed E-state index contributed by atoms with van der Waals surface area (Å²) >= 11 is 4.32. The van der Waals surface area contributed by atoms with Crippen LogP contribution in [0.25, 0.3) is 5.57 Å². The number of halogens is 3. The summed E-state index contributed by atoms with van der Waals surface area (Å²) in [6.45, 7) is 2.05. The van der Waals surface area contributed by atoms with Crippen molar-refractivity contribution in [2.45, 2.75) is 32.6 Å². The van der Waals surface area contributed by atoms with Gasteiger partial charge in [0.25, 0.3) is 0 Å². The van der Waals surface area contributed by atoms with Crippen LogP contribution in [0.3, 0.4) is 0 Å². The average molecular weight is 403 g/mol. The number of benzene rings is 1. The van der Waals surface area contributed by atoms with Gasteiger partial charge in [0.1, 0.15) is 0 Å². The number of carbonyl (C=O) groups excluding carboxylic acids is 1. The molecular formula is C15H14AsBrF2O. The molecule has 0 spiro atoms. The van der Waals surface area contributed by atoms with Crippen LogP contribution in [0, 0.1) is 17.0 Å². The fourth-order valence-electron chi connectivity index (χ4n) is 3.43. The van der Waals surface area contributed by atoms with E-state index in [0.717, 1.165) is 28.8 Å². The molecule has 2 aliphatic rings. The van der Waals surface area contributed by atoms with Gasteiger partial charge < -0.3 is 0 Å². The predicted molar refractivity (Wildman–Crippen MR) is 81.1 cm³/mol. The molecule has 1 aromatic carbocycles. The first kappa shape index (κ1) is 14.5. The van der Waals surface area contributed by atoms with Crippen LogP contribution in [0.1, 0.15) is 37.3 Å². The number of carbonyl (C=O) groups is 1. The van der Waals surface area contributed by atoms with E-state index < -0.39 is 11.6 Å². The Kier molecular flexibility index (Phi) is 3.45. The number of fused-ring (bicyclic) bond motifs is 3. The topological polar surface area (TPSA) is 17.1 Å². The second kappa shape index (κ2) is 4.77. The fraction of sp³-hybridized carbons (Fsp3) is 0.400. The van der Waals surface area contributed by atoms with E-state index in [2.05, 4.69) is 15.9 Å². The van der Waals surface area contributed by atoms with Gasteiger partial charge in [-0.1, -0.05) is 0 Å². The van der Waals surface area contributed by atoms with Crippen molar-refractivity contribution in [1.29, 1.82) is 0 Å². The van der Waals surface area contributed by atoms with Crippen LogP contribution in [0.15, 0.2) is 10.5 Å². The Bertz CT molecular complexity index is 668. The molecule has 1 aromatic rings. The SMILES string of the molecule is CCC12CCC(=O)C(Br)=C1c1cc(F)c([AsH2])c(F)c1C2. The molecule has 0 aliphatic heterocycles. The summed E-state index contributed by atoms with van der Waals surface area (Å²) in [7, 11) is 0. The van der Waals surface area contributed by atoms with E-state index in [9.17, 15) is 13.6 Å². The predicted octanol–water partition coefficient (Wildman–Crippen LogP) is 2.64. The third-order valence-corrected chi connectivity index (χ3v) is 6.59. The van der Waals surface area contributed by atoms with E-state index >= 15 is 0 Å². The number of hydrogen-bond donors (Lipinski definition) is 0. The zero-order valence-electron chi connectivity index (χ0n) is 11.0. The molecule has 2 unspecified atom stereocenters. The molecule has 0 fully saturated rings. The van der Waals surface area contributed by atoms with Gasteiger partial charge in [-0.3, -0.25) is 0 Å². The molecular weight excluding hydrogens is 389 g/mol. The maximum absolute atomic E-state index is 14.4. The first-order valence-corrected chi connectivity index (χ1v) is 8.62. The number of allylic oxidation sites excluding steroid dienone is 2. The van der Waals surface area contributed by atoms with Gasteiger partial charge in [-0.2, -0.15) is 0 Å². The molecule has 0 amide bonds. The molecule has 0 bridgehead atoms. The standard InChI is InChI=1S/C15H14AsBrF2O/c1-2-15-4-3-10(20)13(17)11(15)7-5-9(18)12(16)14(19)8(7)6-15/h5H,2-4,6,16H2,1H3. The molecule has 0 saturated heterocycles. The van der Waals surface area contributed by atoms with Gasteiger partial charge in [-0.25, -0.2) is 0 Å². The Labute approximate surface area is 133 Å². The summed E-state index contributed by atoms with van der Waals surface area (Å²) in [5.41, 5.74) is 1.76. The maximum atomic E-state index is 14.4. The zero-order valence-corrected chi connectivity index (χ0v) is 15.0. The van der Waals surface area contributed by atoms with E-state index in [1.54, 1.807) is 0 Å². The van der Waals surface area contributed by atoms with E-state index in [1.165, 1.54) is 6.07 Å². The van der Waals surface area contributed by atoms with Gasteiger partial charge in [0.05, 0.1) is 0 Å². The third kappa shape index (κ3) is 1.80. The van der Waals surface area contributed by atoms with E-state index in [-0.39, 0.29) is 15.5 Å². The van der Waals surface area contributed by atoms with Crippen LogP contribution >= 0.6 is 15.9 Å². The monoisotopic (exact) mass is 402 g/mol. The van der Waals surface area contributed by atoms with Crippen molar-refractivity contribution in [2.75, 3.05) is 0 Å². The minimum atomic E-state index is -0.515. The van der Waals surface area contributed by atoms with Gasteiger partial charge in [-0.15, -0.1) is 0 Å². The van der Waals surface area contributed by atoms with Crippen LogP contribution in [-0.4, -0.2) is 22.6 Å². The van der Waals surface area contributed by atoms with Crippen LogP contribution < -0.4 is 4.35 Å². The summed E-state index contributed by atoms with van der Waals surface area (Å²) in [4.78, 5) is 12.0. The summed E-state index contributed by atoms with van der Waals surface area (Å²) in [5, 5.41) is 0. The van der Waals surface area contributed by atoms with Gasteiger partial charge in [0.15, 0.2) is 0 Å². The van der Waals surface area contributed by atoms with E-state index in [0.29, 0.717) is 34.9 Å². The molecule has 3 rings (SSSR count). The van der Waals surface area contributed by atoms with Crippen molar-refractivity contribution in [3.05, 3.63) is 33.3 Å². The Morgan fingerprint density at radius 1 is 1.45 bits per heavy atom. The molecule has 2 atom stereocenters. The number of Topliss-reactive ketones (excluding diaryl/α,β-unsaturated/α-hetero) is 1. The summed E-state index contributed by atoms with van der Waals surface area (Å²) in [5.74, 6) is -0.913. The average Bonchev–Trinajstić information content (AvgIpc) is 2.77. The normalized spacial score (nSPS) is 24.9. The number of hydrogen-bond acceptors (Lipinski definition) is 1. The number of ketones is 1. The first-order valence-electron chi connectivity index (χ1n) is 6.61. The fourth-order valence-corrected chi connectivity index (χ4v) is 4.80. The Hall–Kier alpha value is -0.472. The second-order valence-corrected chi connectivity index (χ2v) is 7.54. The van der Waals surface area contributed by atoms with Crippen molar-refractivity contribution >= 4 is 48.5 Å². The zero-order chi connectivity index (χ0) is 14.7. The Balaban J connectivity index is 2.34. The summed E-state index contributed by atoms with van der Waals surface area (Å²) in [6, 6.07) is 1.40. The molecule has 1 nitrogen and oxygen atoms in total. The van der Waals surface area contributed by atoms with E-state index in [4.69, 9.17) is 0 Å². The molecule has 0 saturated carbocycles. The van der Waals surface area contributed by atoms with Crippen molar-refractivity contribution in [1.82, 2.24) is 0 Å². The van der Waals surface area contributed by atoms with Crippen LogP contribution in [-0.2, 0) is 11.2 Å². The van der Waals surface area contributed by atoms with Crippen molar-refractivity contribution in [3.8, 4) is 0 Å². The van der Waals surface area contributed by atoms with Crippen molar-refractivity contribution in [2.24, 2.45) is 5.41 Å². The van der Waals surface area contributed by atoms with Gasteiger partial charge in [-0.05, 0) is 0 Å². The first-order chi connectivity index (χ1) is 9.41. The molecule has 5 heteroatoms. The van der Waals surface area contributed by atoms with Crippen LogP contribution in [0.4, 0.5) is 8.78 Å². The molecule has 0 N–H and O–H groups in total. The van der Waals surface area contributed by atoms with E-state index in [1.807, 2.05) is 6.92 Å². The second-order valence-electron chi connectivity index (χ2n) is 5.53. The molecule has 0 heterocycles. The van der Waals surface area contributed by atoms with Gasteiger partial charge in [0, 0.05) is 0 Å². The van der Waals surface area contributed by atoms with Gasteiger partial charge in [0.2, 0.25) is 0 Å². The Morgan fingerprint density at radius 3 is 2.80 bits per heavy atom. The third-order valence-electron chi connectivity index (χ3n) is 4.64. The number of rotatable bonds is 1. The van der Waals surface area contributed by atoms with Crippen molar-refractivity contribution < 1.29 is 13.6 Å². The quantitative estimate of drug-likeness (QED) is 0.660.